The van der Waals surface area contributed by atoms with Gasteiger partial charge in [0.15, 0.2) is 0 Å². The van der Waals surface area contributed by atoms with Crippen molar-refractivity contribution < 1.29 is 26.6 Å². The van der Waals surface area contributed by atoms with E-state index in [4.69, 9.17) is 9.47 Å². The van der Waals surface area contributed by atoms with E-state index in [1.807, 2.05) is 0 Å². The molecule has 2 heterocycles. The quantitative estimate of drug-likeness (QED) is 0.712. The highest BCUT2D eigenvalue weighted by atomic mass is 32.3. The monoisotopic (exact) mass is 319 g/mol. The van der Waals surface area contributed by atoms with Gasteiger partial charge in [0.2, 0.25) is 23.6 Å². The van der Waals surface area contributed by atoms with Gasteiger partial charge in [0.1, 0.15) is 0 Å². The smallest absolute Gasteiger partial charge is 0.302 e. The first kappa shape index (κ1) is 15.4. The van der Waals surface area contributed by atoms with E-state index in [9.17, 15) is 17.1 Å². The second-order valence-electron chi connectivity index (χ2n) is 4.53. The third-order valence-corrected chi connectivity index (χ3v) is 3.84. The van der Waals surface area contributed by atoms with Crippen LogP contribution in [0.2, 0.25) is 0 Å². The van der Waals surface area contributed by atoms with Crippen molar-refractivity contribution in [2.24, 2.45) is 5.92 Å². The molecule has 0 spiro atoms. The van der Waals surface area contributed by atoms with Crippen molar-refractivity contribution in [1.29, 1.82) is 0 Å². The van der Waals surface area contributed by atoms with Crippen molar-refractivity contribution in [1.82, 2.24) is 9.97 Å². The fourth-order valence-corrected chi connectivity index (χ4v) is 2.88. The van der Waals surface area contributed by atoms with Crippen molar-refractivity contribution in [3.05, 3.63) is 6.07 Å². The average Bonchev–Trinajstić information content (AvgIpc) is 2.76. The van der Waals surface area contributed by atoms with Gasteiger partial charge in [-0.05, 0) is 0 Å². The lowest BCUT2D eigenvalue weighted by molar-refractivity contribution is -0.117. The highest BCUT2D eigenvalue weighted by Crippen LogP contribution is 2.27. The summed E-state index contributed by atoms with van der Waals surface area (Å²) >= 11 is 0. The molecule has 1 saturated heterocycles. The fourth-order valence-electron chi connectivity index (χ4n) is 2.09. The molecule has 0 aliphatic carbocycles. The Labute approximate surface area is 121 Å². The number of rotatable bonds is 5. The number of ether oxygens (including phenoxy) is 2. The first-order valence-electron chi connectivity index (χ1n) is 6.02. The molecule has 1 atom stereocenters. The normalized spacial score (nSPS) is 18.9. The maximum absolute atomic E-state index is 12.7. The van der Waals surface area contributed by atoms with E-state index in [-0.39, 0.29) is 36.6 Å². The molecule has 1 aromatic rings. The van der Waals surface area contributed by atoms with Crippen LogP contribution in [0.25, 0.3) is 0 Å². The summed E-state index contributed by atoms with van der Waals surface area (Å²) in [5.74, 6) is -1.27. The number of carbonyl (C=O) groups is 1. The number of amides is 1. The molecular weight excluding hydrogens is 305 g/mol. The maximum atomic E-state index is 12.7. The topological polar surface area (TPSA) is 98.7 Å². The largest absolute Gasteiger partial charge is 0.481 e. The highest BCUT2D eigenvalue weighted by molar-refractivity contribution is 7.86. The van der Waals surface area contributed by atoms with Gasteiger partial charge < -0.3 is 9.47 Å². The molecule has 116 valence electrons. The number of hydrogen-bond donors (Lipinski definition) is 0. The van der Waals surface area contributed by atoms with Crippen LogP contribution in [0.4, 0.5) is 9.83 Å². The number of hydrogen-bond acceptors (Lipinski definition) is 7. The van der Waals surface area contributed by atoms with E-state index in [1.165, 1.54) is 25.2 Å². The number of carbonyl (C=O) groups excluding carboxylic acids is 1. The van der Waals surface area contributed by atoms with Gasteiger partial charge in [0, 0.05) is 18.9 Å². The van der Waals surface area contributed by atoms with E-state index < -0.39 is 21.9 Å². The lowest BCUT2D eigenvalue weighted by Crippen LogP contribution is -2.27. The molecule has 1 fully saturated rings. The molecular formula is C11H14FN3O5S. The Hall–Kier alpha value is -1.97. The number of methoxy groups -OCH3 is 2. The molecule has 8 nitrogen and oxygen atoms in total. The number of aromatic nitrogens is 2. The van der Waals surface area contributed by atoms with Gasteiger partial charge in [0.25, 0.3) is 0 Å². The van der Waals surface area contributed by atoms with Gasteiger partial charge in [-0.1, -0.05) is 0 Å². The van der Waals surface area contributed by atoms with Crippen molar-refractivity contribution in [2.45, 2.75) is 6.42 Å². The molecule has 1 unspecified atom stereocenters. The predicted octanol–water partition coefficient (Wildman–Crippen LogP) is 0.146. The molecule has 1 aliphatic rings. The molecule has 21 heavy (non-hydrogen) atoms. The van der Waals surface area contributed by atoms with Gasteiger partial charge >= 0.3 is 10.2 Å². The summed E-state index contributed by atoms with van der Waals surface area (Å²) in [7, 11) is -1.83. The van der Waals surface area contributed by atoms with Gasteiger partial charge in [-0.3, -0.25) is 9.69 Å². The van der Waals surface area contributed by atoms with Crippen LogP contribution in [0.3, 0.4) is 0 Å². The second-order valence-corrected chi connectivity index (χ2v) is 5.94. The molecule has 0 radical (unpaired) electrons. The van der Waals surface area contributed by atoms with Crippen molar-refractivity contribution in [3.8, 4) is 11.8 Å². The lowest BCUT2D eigenvalue weighted by Gasteiger charge is -2.15. The average molecular weight is 319 g/mol. The highest BCUT2D eigenvalue weighted by Gasteiger charge is 2.35. The summed E-state index contributed by atoms with van der Waals surface area (Å²) in [6.07, 6.45) is -0.0773. The molecule has 10 heteroatoms. The van der Waals surface area contributed by atoms with E-state index in [2.05, 4.69) is 9.97 Å². The second kappa shape index (κ2) is 5.80. The van der Waals surface area contributed by atoms with E-state index in [0.717, 1.165) is 0 Å². The Kier molecular flexibility index (Phi) is 4.26. The molecule has 1 aliphatic heterocycles. The zero-order chi connectivity index (χ0) is 15.6. The van der Waals surface area contributed by atoms with Crippen LogP contribution in [-0.2, 0) is 15.0 Å². The summed E-state index contributed by atoms with van der Waals surface area (Å²) in [5, 5.41) is 0. The Morgan fingerprint density at radius 3 is 2.38 bits per heavy atom. The van der Waals surface area contributed by atoms with Crippen LogP contribution >= 0.6 is 0 Å². The minimum Gasteiger partial charge on any atom is -0.481 e. The number of anilines is 1. The summed E-state index contributed by atoms with van der Waals surface area (Å²) in [6, 6.07) is 1.44. The summed E-state index contributed by atoms with van der Waals surface area (Å²) in [4.78, 5) is 21.1. The van der Waals surface area contributed by atoms with Gasteiger partial charge in [-0.2, -0.15) is 18.4 Å². The van der Waals surface area contributed by atoms with Crippen LogP contribution in [-0.4, -0.2) is 50.8 Å². The van der Waals surface area contributed by atoms with Crippen LogP contribution in [0.5, 0.6) is 11.8 Å². The first-order valence-corrected chi connectivity index (χ1v) is 7.57. The molecule has 1 amide bonds. The van der Waals surface area contributed by atoms with Gasteiger partial charge in [0.05, 0.1) is 26.0 Å². The van der Waals surface area contributed by atoms with E-state index >= 15 is 0 Å². The molecule has 2 rings (SSSR count). The Balaban J connectivity index is 2.24. The summed E-state index contributed by atoms with van der Waals surface area (Å²) in [6.45, 7) is 0.0261. The zero-order valence-electron chi connectivity index (χ0n) is 11.4. The standard InChI is InChI=1S/C11H14FN3O5S/c1-19-8-4-9(20-2)14-11(13-8)15-5-7(3-10(15)16)6-21(12,17)18/h4,7H,3,5-6H2,1-2H3. The van der Waals surface area contributed by atoms with Gasteiger partial charge in [-0.15, -0.1) is 3.89 Å². The van der Waals surface area contributed by atoms with Crippen molar-refractivity contribution in [2.75, 3.05) is 31.4 Å². The van der Waals surface area contributed by atoms with Gasteiger partial charge in [-0.25, -0.2) is 0 Å². The van der Waals surface area contributed by atoms with Crippen molar-refractivity contribution >= 4 is 22.1 Å². The van der Waals surface area contributed by atoms with Crippen LogP contribution in [0.1, 0.15) is 6.42 Å². The summed E-state index contributed by atoms with van der Waals surface area (Å²) < 4.78 is 44.0. The first-order chi connectivity index (χ1) is 9.82. The molecule has 1 aromatic heterocycles. The van der Waals surface area contributed by atoms with E-state index in [0.29, 0.717) is 0 Å². The number of halogens is 1. The molecule has 0 bridgehead atoms. The fraction of sp³-hybridized carbons (Fsp3) is 0.545. The third-order valence-electron chi connectivity index (χ3n) is 2.97. The molecule has 0 aromatic carbocycles. The maximum Gasteiger partial charge on any atom is 0.302 e. The van der Waals surface area contributed by atoms with Crippen LogP contribution in [0, 0.1) is 5.92 Å². The SMILES string of the molecule is COc1cc(OC)nc(N2CC(CS(=O)(=O)F)CC2=O)n1. The van der Waals surface area contributed by atoms with E-state index in [1.54, 1.807) is 0 Å². The Bertz CT molecular complexity index is 629. The zero-order valence-corrected chi connectivity index (χ0v) is 12.3. The minimum absolute atomic E-state index is 0.0261. The lowest BCUT2D eigenvalue weighted by atomic mass is 10.1. The third kappa shape index (κ3) is 3.78. The Morgan fingerprint density at radius 1 is 1.33 bits per heavy atom. The Morgan fingerprint density at radius 2 is 1.90 bits per heavy atom. The molecule has 0 N–H and O–H groups in total. The van der Waals surface area contributed by atoms with Crippen LogP contribution < -0.4 is 14.4 Å². The number of nitrogens with zero attached hydrogens (tertiary/aromatic N) is 3. The van der Waals surface area contributed by atoms with Crippen LogP contribution in [0.15, 0.2) is 6.07 Å². The van der Waals surface area contributed by atoms with Crippen molar-refractivity contribution in [3.63, 3.8) is 0 Å². The molecule has 0 saturated carbocycles. The summed E-state index contributed by atoms with van der Waals surface area (Å²) in [5.41, 5.74) is 0. The predicted molar refractivity (Wildman–Crippen MR) is 70.5 cm³/mol. The minimum atomic E-state index is -4.63.